The van der Waals surface area contributed by atoms with Gasteiger partial charge >= 0.3 is 0 Å². The van der Waals surface area contributed by atoms with E-state index >= 15 is 0 Å². The van der Waals surface area contributed by atoms with Crippen molar-refractivity contribution >= 4 is 11.6 Å². The summed E-state index contributed by atoms with van der Waals surface area (Å²) in [7, 11) is 0. The summed E-state index contributed by atoms with van der Waals surface area (Å²) in [6.45, 7) is 0. The Bertz CT molecular complexity index is 691. The van der Waals surface area contributed by atoms with Gasteiger partial charge in [-0.25, -0.2) is 8.78 Å². The normalized spacial score (nSPS) is 20.6. The van der Waals surface area contributed by atoms with Crippen LogP contribution in [-0.2, 0) is 4.79 Å². The number of hydrogen-bond acceptors (Lipinski definition) is 1. The summed E-state index contributed by atoms with van der Waals surface area (Å²) < 4.78 is 26.2. The van der Waals surface area contributed by atoms with Gasteiger partial charge in [0.1, 0.15) is 11.6 Å². The summed E-state index contributed by atoms with van der Waals surface area (Å²) in [4.78, 5) is 12.1. The van der Waals surface area contributed by atoms with Gasteiger partial charge in [0.05, 0.1) is 0 Å². The molecule has 4 heteroatoms. The van der Waals surface area contributed by atoms with Gasteiger partial charge < -0.3 is 5.32 Å². The van der Waals surface area contributed by atoms with E-state index in [-0.39, 0.29) is 17.5 Å². The summed E-state index contributed by atoms with van der Waals surface area (Å²) in [6.07, 6.45) is 4.39. The fraction of sp³-hybridized carbons (Fsp3) is 0.350. The van der Waals surface area contributed by atoms with Crippen LogP contribution in [0.5, 0.6) is 0 Å². The van der Waals surface area contributed by atoms with Crippen molar-refractivity contribution in [3.05, 3.63) is 65.7 Å². The van der Waals surface area contributed by atoms with Crippen LogP contribution in [0.2, 0.25) is 0 Å². The fourth-order valence-corrected chi connectivity index (χ4v) is 3.47. The minimum atomic E-state index is -0.316. The zero-order chi connectivity index (χ0) is 16.9. The fourth-order valence-electron chi connectivity index (χ4n) is 3.47. The second kappa shape index (κ2) is 7.56. The second-order valence-corrected chi connectivity index (χ2v) is 6.53. The molecule has 0 heterocycles. The van der Waals surface area contributed by atoms with Gasteiger partial charge in [0.25, 0.3) is 0 Å². The Morgan fingerprint density at radius 3 is 2.33 bits per heavy atom. The number of amides is 1. The molecule has 2 aromatic carbocycles. The molecule has 0 bridgehead atoms. The molecule has 24 heavy (non-hydrogen) atoms. The van der Waals surface area contributed by atoms with Crippen LogP contribution in [0.4, 0.5) is 14.5 Å². The predicted octanol–water partition coefficient (Wildman–Crippen LogP) is 5.27. The molecule has 1 amide bonds. The van der Waals surface area contributed by atoms with Gasteiger partial charge in [-0.15, -0.1) is 0 Å². The third-order valence-corrected chi connectivity index (χ3v) is 4.77. The lowest BCUT2D eigenvalue weighted by Crippen LogP contribution is -2.20. The average molecular weight is 329 g/mol. The van der Waals surface area contributed by atoms with Crippen LogP contribution in [-0.4, -0.2) is 5.91 Å². The first-order chi connectivity index (χ1) is 11.6. The lowest BCUT2D eigenvalue weighted by atomic mass is 9.77. The minimum Gasteiger partial charge on any atom is -0.326 e. The number of nitrogens with one attached hydrogen (secondary N) is 1. The largest absolute Gasteiger partial charge is 0.326 e. The maximum absolute atomic E-state index is 13.3. The topological polar surface area (TPSA) is 29.1 Å². The van der Waals surface area contributed by atoms with Crippen LogP contribution in [0.15, 0.2) is 48.5 Å². The summed E-state index contributed by atoms with van der Waals surface area (Å²) in [5.41, 5.74) is 1.68. The van der Waals surface area contributed by atoms with E-state index in [0.29, 0.717) is 23.9 Å². The molecule has 1 N–H and O–H groups in total. The lowest BCUT2D eigenvalue weighted by molar-refractivity contribution is -0.117. The van der Waals surface area contributed by atoms with Crippen molar-refractivity contribution in [2.75, 3.05) is 5.32 Å². The molecule has 0 aliphatic heterocycles. The number of carbonyl (C=O) groups is 1. The van der Waals surface area contributed by atoms with Crippen LogP contribution < -0.4 is 5.32 Å². The van der Waals surface area contributed by atoms with E-state index in [1.54, 1.807) is 24.3 Å². The molecule has 1 aliphatic rings. The van der Waals surface area contributed by atoms with E-state index in [4.69, 9.17) is 0 Å². The molecule has 3 rings (SSSR count). The van der Waals surface area contributed by atoms with Crippen LogP contribution >= 0.6 is 0 Å². The first-order valence-electron chi connectivity index (χ1n) is 8.41. The minimum absolute atomic E-state index is 0.0317. The van der Waals surface area contributed by atoms with E-state index in [1.807, 2.05) is 6.07 Å². The first-order valence-corrected chi connectivity index (χ1v) is 8.41. The van der Waals surface area contributed by atoms with Crippen molar-refractivity contribution in [3.8, 4) is 0 Å². The van der Waals surface area contributed by atoms with Crippen molar-refractivity contribution in [1.82, 2.24) is 0 Å². The molecule has 0 radical (unpaired) electrons. The number of benzene rings is 2. The smallest absolute Gasteiger partial charge is 0.224 e. The average Bonchev–Trinajstić information content (AvgIpc) is 2.58. The molecule has 1 saturated carbocycles. The highest BCUT2D eigenvalue weighted by molar-refractivity contribution is 5.90. The third-order valence-electron chi connectivity index (χ3n) is 4.77. The second-order valence-electron chi connectivity index (χ2n) is 6.53. The van der Waals surface area contributed by atoms with E-state index in [2.05, 4.69) is 5.32 Å². The molecular formula is C20H21F2NO. The van der Waals surface area contributed by atoms with Gasteiger partial charge in [0.15, 0.2) is 0 Å². The summed E-state index contributed by atoms with van der Waals surface area (Å²) in [5, 5.41) is 2.81. The lowest BCUT2D eigenvalue weighted by Gasteiger charge is -2.28. The molecule has 1 aliphatic carbocycles. The number of carbonyl (C=O) groups excluding carboxylic acids is 1. The molecule has 126 valence electrons. The van der Waals surface area contributed by atoms with E-state index in [1.165, 1.54) is 18.2 Å². The zero-order valence-corrected chi connectivity index (χ0v) is 13.5. The molecule has 1 fully saturated rings. The maximum Gasteiger partial charge on any atom is 0.224 e. The van der Waals surface area contributed by atoms with Crippen molar-refractivity contribution in [2.45, 2.75) is 38.0 Å². The summed E-state index contributed by atoms with van der Waals surface area (Å²) >= 11 is 0. The molecule has 2 nitrogen and oxygen atoms in total. The van der Waals surface area contributed by atoms with E-state index < -0.39 is 0 Å². The van der Waals surface area contributed by atoms with Crippen LogP contribution in [0, 0.1) is 17.6 Å². The van der Waals surface area contributed by atoms with Gasteiger partial charge in [-0.1, -0.05) is 12.1 Å². The van der Waals surface area contributed by atoms with Crippen LogP contribution in [0.1, 0.15) is 43.6 Å². The van der Waals surface area contributed by atoms with E-state index in [9.17, 15) is 13.6 Å². The Labute approximate surface area is 140 Å². The Morgan fingerprint density at radius 2 is 1.67 bits per heavy atom. The highest BCUT2D eigenvalue weighted by atomic mass is 19.1. The number of halogens is 2. The molecule has 0 spiro atoms. The summed E-state index contributed by atoms with van der Waals surface area (Å²) in [6, 6.07) is 12.6. The van der Waals surface area contributed by atoms with Gasteiger partial charge in [0, 0.05) is 12.1 Å². The highest BCUT2D eigenvalue weighted by Crippen LogP contribution is 2.37. The SMILES string of the molecule is O=C(C[C@H]1CC[C@@H](c2cccc(F)c2)CC1)Nc1ccc(F)cc1. The third kappa shape index (κ3) is 4.40. The Kier molecular flexibility index (Phi) is 5.24. The molecule has 0 unspecified atom stereocenters. The zero-order valence-electron chi connectivity index (χ0n) is 13.5. The Hall–Kier alpha value is -2.23. The maximum atomic E-state index is 13.3. The van der Waals surface area contributed by atoms with Crippen molar-refractivity contribution in [2.24, 2.45) is 5.92 Å². The predicted molar refractivity (Wildman–Crippen MR) is 90.7 cm³/mol. The van der Waals surface area contributed by atoms with Gasteiger partial charge in [-0.3, -0.25) is 4.79 Å². The van der Waals surface area contributed by atoms with Gasteiger partial charge in [0.2, 0.25) is 5.91 Å². The highest BCUT2D eigenvalue weighted by Gasteiger charge is 2.24. The molecule has 0 atom stereocenters. The first kappa shape index (κ1) is 16.6. The Morgan fingerprint density at radius 1 is 0.958 bits per heavy atom. The van der Waals surface area contributed by atoms with E-state index in [0.717, 1.165) is 31.2 Å². The standard InChI is InChI=1S/C20H21F2NO/c21-17-8-10-19(11-9-17)23-20(24)12-14-4-6-15(7-5-14)16-2-1-3-18(22)13-16/h1-3,8-11,13-15H,4-7,12H2,(H,23,24)/t14-,15+. The molecular weight excluding hydrogens is 308 g/mol. The van der Waals surface area contributed by atoms with Crippen molar-refractivity contribution < 1.29 is 13.6 Å². The summed E-state index contributed by atoms with van der Waals surface area (Å²) in [5.74, 6) is 0.208. The van der Waals surface area contributed by atoms with Gasteiger partial charge in [-0.05, 0) is 79.5 Å². The van der Waals surface area contributed by atoms with Crippen molar-refractivity contribution in [1.29, 1.82) is 0 Å². The van der Waals surface area contributed by atoms with Crippen LogP contribution in [0.25, 0.3) is 0 Å². The number of rotatable bonds is 4. The number of hydrogen-bond donors (Lipinski definition) is 1. The van der Waals surface area contributed by atoms with Crippen LogP contribution in [0.3, 0.4) is 0 Å². The number of anilines is 1. The molecule has 0 aromatic heterocycles. The van der Waals surface area contributed by atoms with Crippen molar-refractivity contribution in [3.63, 3.8) is 0 Å². The molecule has 2 aromatic rings. The Balaban J connectivity index is 1.48. The monoisotopic (exact) mass is 329 g/mol. The quantitative estimate of drug-likeness (QED) is 0.813. The molecule has 0 saturated heterocycles. The van der Waals surface area contributed by atoms with Gasteiger partial charge in [-0.2, -0.15) is 0 Å².